The van der Waals surface area contributed by atoms with Crippen molar-refractivity contribution < 1.29 is 19.1 Å². The molecule has 0 atom stereocenters. The lowest BCUT2D eigenvalue weighted by molar-refractivity contribution is -0.117. The molecule has 1 fully saturated rings. The van der Waals surface area contributed by atoms with E-state index in [0.29, 0.717) is 49.9 Å². The van der Waals surface area contributed by atoms with Crippen molar-refractivity contribution in [1.29, 1.82) is 0 Å². The van der Waals surface area contributed by atoms with Gasteiger partial charge in [0.25, 0.3) is 0 Å². The molecule has 2 aromatic carbocycles. The molecule has 2 N–H and O–H groups in total. The van der Waals surface area contributed by atoms with Crippen LogP contribution in [-0.4, -0.2) is 68.7 Å². The molecule has 2 aromatic rings. The molecule has 1 aliphatic heterocycles. The van der Waals surface area contributed by atoms with Crippen LogP contribution < -0.4 is 20.1 Å². The van der Waals surface area contributed by atoms with Crippen LogP contribution in [0.1, 0.15) is 0 Å². The van der Waals surface area contributed by atoms with Crippen molar-refractivity contribution in [3.63, 3.8) is 0 Å². The minimum absolute atomic E-state index is 0.0600. The number of rotatable bonds is 6. The molecular formula is C21H26N4O4. The molecule has 0 aromatic heterocycles. The second-order valence-corrected chi connectivity index (χ2v) is 6.67. The highest BCUT2D eigenvalue weighted by Crippen LogP contribution is 2.29. The summed E-state index contributed by atoms with van der Waals surface area (Å²) in [5, 5.41) is 5.76. The van der Waals surface area contributed by atoms with Crippen LogP contribution in [0.25, 0.3) is 0 Å². The van der Waals surface area contributed by atoms with Crippen molar-refractivity contribution in [3.8, 4) is 11.5 Å². The SMILES string of the molecule is COc1ccc(OC)c(NC(=O)N2CCN(CC(=O)Nc3ccccc3)CC2)c1. The predicted molar refractivity (Wildman–Crippen MR) is 112 cm³/mol. The average molecular weight is 398 g/mol. The van der Waals surface area contributed by atoms with E-state index >= 15 is 0 Å². The van der Waals surface area contributed by atoms with Gasteiger partial charge in [0.05, 0.1) is 26.5 Å². The summed E-state index contributed by atoms with van der Waals surface area (Å²) in [6, 6.07) is 14.4. The molecule has 3 amide bonds. The summed E-state index contributed by atoms with van der Waals surface area (Å²) in [7, 11) is 3.12. The number of urea groups is 1. The van der Waals surface area contributed by atoms with Gasteiger partial charge in [-0.25, -0.2) is 4.79 Å². The highest BCUT2D eigenvalue weighted by molar-refractivity contribution is 5.92. The summed E-state index contributed by atoms with van der Waals surface area (Å²) < 4.78 is 10.5. The molecule has 8 heteroatoms. The van der Waals surface area contributed by atoms with E-state index < -0.39 is 0 Å². The van der Waals surface area contributed by atoms with Gasteiger partial charge in [0.1, 0.15) is 11.5 Å². The number of amides is 3. The third-order valence-electron chi connectivity index (χ3n) is 4.73. The fraction of sp³-hybridized carbons (Fsp3) is 0.333. The minimum atomic E-state index is -0.204. The molecule has 0 unspecified atom stereocenters. The molecule has 1 saturated heterocycles. The summed E-state index contributed by atoms with van der Waals surface area (Å²) in [6.07, 6.45) is 0. The van der Waals surface area contributed by atoms with Gasteiger partial charge in [-0.3, -0.25) is 9.69 Å². The largest absolute Gasteiger partial charge is 0.497 e. The van der Waals surface area contributed by atoms with Crippen molar-refractivity contribution in [2.75, 3.05) is 57.6 Å². The van der Waals surface area contributed by atoms with Crippen molar-refractivity contribution in [3.05, 3.63) is 48.5 Å². The smallest absolute Gasteiger partial charge is 0.322 e. The van der Waals surface area contributed by atoms with E-state index in [4.69, 9.17) is 9.47 Å². The standard InChI is InChI=1S/C21H26N4O4/c1-28-17-8-9-19(29-2)18(14-17)23-21(27)25-12-10-24(11-13-25)15-20(26)22-16-6-4-3-5-7-16/h3-9,14H,10-13,15H2,1-2H3,(H,22,26)(H,23,27). The maximum absolute atomic E-state index is 12.6. The maximum atomic E-state index is 12.6. The fourth-order valence-electron chi connectivity index (χ4n) is 3.14. The zero-order valence-electron chi connectivity index (χ0n) is 16.7. The average Bonchev–Trinajstić information content (AvgIpc) is 2.74. The predicted octanol–water partition coefficient (Wildman–Crippen LogP) is 2.49. The summed E-state index contributed by atoms with van der Waals surface area (Å²) >= 11 is 0. The molecule has 0 spiro atoms. The first-order valence-corrected chi connectivity index (χ1v) is 9.44. The molecule has 154 valence electrons. The van der Waals surface area contributed by atoms with E-state index in [0.717, 1.165) is 5.69 Å². The zero-order chi connectivity index (χ0) is 20.6. The summed E-state index contributed by atoms with van der Waals surface area (Å²) in [6.45, 7) is 2.64. The van der Waals surface area contributed by atoms with E-state index in [1.807, 2.05) is 35.2 Å². The van der Waals surface area contributed by atoms with Gasteiger partial charge in [0, 0.05) is 37.9 Å². The number of hydrogen-bond acceptors (Lipinski definition) is 5. The number of carbonyl (C=O) groups is 2. The van der Waals surface area contributed by atoms with Crippen molar-refractivity contribution in [1.82, 2.24) is 9.80 Å². The van der Waals surface area contributed by atoms with Crippen molar-refractivity contribution >= 4 is 23.3 Å². The third-order valence-corrected chi connectivity index (χ3v) is 4.73. The lowest BCUT2D eigenvalue weighted by Gasteiger charge is -2.34. The van der Waals surface area contributed by atoms with E-state index in [2.05, 4.69) is 10.6 Å². The Morgan fingerprint density at radius 2 is 1.66 bits per heavy atom. The quantitative estimate of drug-likeness (QED) is 0.781. The first kappa shape index (κ1) is 20.5. The Morgan fingerprint density at radius 3 is 2.31 bits per heavy atom. The molecule has 1 aliphatic rings. The van der Waals surface area contributed by atoms with Crippen LogP contribution in [0.4, 0.5) is 16.2 Å². The number of hydrogen-bond donors (Lipinski definition) is 2. The number of benzene rings is 2. The first-order valence-electron chi connectivity index (χ1n) is 9.44. The number of ether oxygens (including phenoxy) is 2. The lowest BCUT2D eigenvalue weighted by atomic mass is 10.2. The Kier molecular flexibility index (Phi) is 6.91. The van der Waals surface area contributed by atoms with Crippen LogP contribution in [0.3, 0.4) is 0 Å². The van der Waals surface area contributed by atoms with Crippen LogP contribution in [0.2, 0.25) is 0 Å². The number of nitrogens with zero attached hydrogens (tertiary/aromatic N) is 2. The number of nitrogens with one attached hydrogen (secondary N) is 2. The number of carbonyl (C=O) groups excluding carboxylic acids is 2. The van der Waals surface area contributed by atoms with E-state index in [9.17, 15) is 9.59 Å². The van der Waals surface area contributed by atoms with E-state index in [1.165, 1.54) is 0 Å². The normalized spacial score (nSPS) is 14.2. The molecule has 0 bridgehead atoms. The topological polar surface area (TPSA) is 83.1 Å². The van der Waals surface area contributed by atoms with Gasteiger partial charge in [-0.05, 0) is 24.3 Å². The van der Waals surface area contributed by atoms with Crippen LogP contribution in [-0.2, 0) is 4.79 Å². The van der Waals surface area contributed by atoms with Crippen LogP contribution in [0.5, 0.6) is 11.5 Å². The fourth-order valence-corrected chi connectivity index (χ4v) is 3.14. The Balaban J connectivity index is 1.49. The molecule has 29 heavy (non-hydrogen) atoms. The van der Waals surface area contributed by atoms with Gasteiger partial charge in [-0.1, -0.05) is 18.2 Å². The molecule has 0 radical (unpaired) electrons. The number of methoxy groups -OCH3 is 2. The van der Waals surface area contributed by atoms with Gasteiger partial charge >= 0.3 is 6.03 Å². The summed E-state index contributed by atoms with van der Waals surface area (Å²) in [4.78, 5) is 28.6. The molecule has 0 aliphatic carbocycles. The van der Waals surface area contributed by atoms with Crippen LogP contribution in [0, 0.1) is 0 Å². The Labute approximate surface area is 170 Å². The monoisotopic (exact) mass is 398 g/mol. The molecular weight excluding hydrogens is 372 g/mol. The van der Waals surface area contributed by atoms with Gasteiger partial charge in [0.2, 0.25) is 5.91 Å². The highest BCUT2D eigenvalue weighted by Gasteiger charge is 2.23. The highest BCUT2D eigenvalue weighted by atomic mass is 16.5. The van der Waals surface area contributed by atoms with Crippen molar-refractivity contribution in [2.24, 2.45) is 0 Å². The van der Waals surface area contributed by atoms with Gasteiger partial charge in [-0.15, -0.1) is 0 Å². The van der Waals surface area contributed by atoms with Crippen LogP contribution >= 0.6 is 0 Å². The Hall–Kier alpha value is -3.26. The van der Waals surface area contributed by atoms with Gasteiger partial charge in [-0.2, -0.15) is 0 Å². The first-order chi connectivity index (χ1) is 14.1. The summed E-state index contributed by atoms with van der Waals surface area (Å²) in [5.74, 6) is 1.14. The van der Waals surface area contributed by atoms with Gasteiger partial charge in [0.15, 0.2) is 0 Å². The second-order valence-electron chi connectivity index (χ2n) is 6.67. The minimum Gasteiger partial charge on any atom is -0.497 e. The molecule has 1 heterocycles. The Bertz CT molecular complexity index is 836. The number of anilines is 2. The van der Waals surface area contributed by atoms with E-state index in [-0.39, 0.29) is 11.9 Å². The third kappa shape index (κ3) is 5.61. The number of para-hydroxylation sites is 1. The van der Waals surface area contributed by atoms with Crippen molar-refractivity contribution in [2.45, 2.75) is 0 Å². The molecule has 8 nitrogen and oxygen atoms in total. The zero-order valence-corrected chi connectivity index (χ0v) is 16.7. The molecule has 3 rings (SSSR count). The number of piperazine rings is 1. The van der Waals surface area contributed by atoms with Gasteiger partial charge < -0.3 is 25.0 Å². The Morgan fingerprint density at radius 1 is 0.931 bits per heavy atom. The lowest BCUT2D eigenvalue weighted by Crippen LogP contribution is -2.51. The second kappa shape index (κ2) is 9.79. The van der Waals surface area contributed by atoms with E-state index in [1.54, 1.807) is 37.3 Å². The summed E-state index contributed by atoms with van der Waals surface area (Å²) in [5.41, 5.74) is 1.34. The molecule has 0 saturated carbocycles. The van der Waals surface area contributed by atoms with Crippen LogP contribution in [0.15, 0.2) is 48.5 Å². The maximum Gasteiger partial charge on any atom is 0.322 e.